The molecule has 0 saturated carbocycles. The Morgan fingerprint density at radius 3 is 2.28 bits per heavy atom. The van der Waals surface area contributed by atoms with E-state index < -0.39 is 0 Å². The average molecular weight is 340 g/mol. The van der Waals surface area contributed by atoms with Crippen molar-refractivity contribution in [2.24, 2.45) is 5.92 Å². The number of carbonyl (C=O) groups is 1. The third kappa shape index (κ3) is 5.91. The molecule has 1 atom stereocenters. The van der Waals surface area contributed by atoms with Crippen molar-refractivity contribution in [2.75, 3.05) is 19.3 Å². The second-order valence-electron chi connectivity index (χ2n) is 6.75. The van der Waals surface area contributed by atoms with Crippen molar-refractivity contribution in [3.63, 3.8) is 0 Å². The number of esters is 1. The first kappa shape index (κ1) is 19.0. The normalized spacial score (nSPS) is 12.4. The Hall–Kier alpha value is -2.33. The second kappa shape index (κ2) is 9.23. The molecule has 0 aromatic heterocycles. The Morgan fingerprint density at radius 2 is 1.68 bits per heavy atom. The predicted octanol–water partition coefficient (Wildman–Crippen LogP) is 3.51. The number of nitrogens with zero attached hydrogens (tertiary/aromatic N) is 1. The Balaban J connectivity index is 1.91. The molecule has 0 spiro atoms. The number of benzene rings is 2. The van der Waals surface area contributed by atoms with Crippen molar-refractivity contribution in [3.05, 3.63) is 65.7 Å². The molecular weight excluding hydrogens is 312 g/mol. The summed E-state index contributed by atoms with van der Waals surface area (Å²) in [5, 5.41) is 0. The van der Waals surface area contributed by atoms with Crippen molar-refractivity contribution in [1.29, 1.82) is 0 Å². The highest BCUT2D eigenvalue weighted by Gasteiger charge is 2.27. The van der Waals surface area contributed by atoms with Crippen LogP contribution < -0.4 is 5.73 Å². The van der Waals surface area contributed by atoms with E-state index in [1.54, 1.807) is 0 Å². The van der Waals surface area contributed by atoms with E-state index in [1.165, 1.54) is 5.56 Å². The number of rotatable bonds is 8. The summed E-state index contributed by atoms with van der Waals surface area (Å²) in [6, 6.07) is 17.4. The van der Waals surface area contributed by atoms with Gasteiger partial charge in [-0.1, -0.05) is 56.3 Å². The molecule has 0 bridgehead atoms. The van der Waals surface area contributed by atoms with Crippen LogP contribution in [0, 0.1) is 5.92 Å². The zero-order chi connectivity index (χ0) is 18.2. The van der Waals surface area contributed by atoms with E-state index in [1.807, 2.05) is 75.5 Å². The molecule has 134 valence electrons. The average Bonchev–Trinajstić information content (AvgIpc) is 2.60. The van der Waals surface area contributed by atoms with Gasteiger partial charge in [0.15, 0.2) is 0 Å². The topological polar surface area (TPSA) is 55.6 Å². The highest BCUT2D eigenvalue weighted by Crippen LogP contribution is 2.14. The monoisotopic (exact) mass is 340 g/mol. The first-order valence-electron chi connectivity index (χ1n) is 8.72. The summed E-state index contributed by atoms with van der Waals surface area (Å²) >= 11 is 0. The fourth-order valence-corrected chi connectivity index (χ4v) is 2.90. The van der Waals surface area contributed by atoms with E-state index in [9.17, 15) is 4.79 Å². The van der Waals surface area contributed by atoms with Crippen LogP contribution in [0.5, 0.6) is 0 Å². The fourth-order valence-electron chi connectivity index (χ4n) is 2.90. The van der Waals surface area contributed by atoms with Gasteiger partial charge in [0.1, 0.15) is 12.6 Å². The van der Waals surface area contributed by atoms with Crippen LogP contribution in [0.3, 0.4) is 0 Å². The van der Waals surface area contributed by atoms with Gasteiger partial charge < -0.3 is 10.5 Å². The molecule has 0 aliphatic heterocycles. The minimum atomic E-state index is -0.252. The van der Waals surface area contributed by atoms with Gasteiger partial charge in [-0.05, 0) is 42.6 Å². The summed E-state index contributed by atoms with van der Waals surface area (Å²) in [7, 11) is 1.98. The lowest BCUT2D eigenvalue weighted by Gasteiger charge is -2.29. The first-order valence-corrected chi connectivity index (χ1v) is 8.72. The Morgan fingerprint density at radius 1 is 1.04 bits per heavy atom. The molecule has 0 saturated heterocycles. The summed E-state index contributed by atoms with van der Waals surface area (Å²) in [6.45, 7) is 5.20. The van der Waals surface area contributed by atoms with Crippen LogP contribution in [0.2, 0.25) is 0 Å². The summed E-state index contributed by atoms with van der Waals surface area (Å²) in [5.74, 6) is 0.0124. The van der Waals surface area contributed by atoms with E-state index in [2.05, 4.69) is 4.90 Å². The van der Waals surface area contributed by atoms with Gasteiger partial charge >= 0.3 is 5.97 Å². The predicted molar refractivity (Wildman–Crippen MR) is 102 cm³/mol. The quantitative estimate of drug-likeness (QED) is 0.590. The molecular formula is C21H28N2O2. The molecule has 4 nitrogen and oxygen atoms in total. The van der Waals surface area contributed by atoms with Crippen molar-refractivity contribution >= 4 is 11.7 Å². The first-order chi connectivity index (χ1) is 12.0. The number of likely N-dealkylation sites (N-methyl/N-ethyl adjacent to an activating group) is 1. The fraction of sp³-hybridized carbons (Fsp3) is 0.381. The molecule has 0 radical (unpaired) electrons. The molecule has 2 aromatic carbocycles. The molecule has 0 aliphatic rings. The molecule has 25 heavy (non-hydrogen) atoms. The van der Waals surface area contributed by atoms with Crippen molar-refractivity contribution in [3.8, 4) is 0 Å². The summed E-state index contributed by atoms with van der Waals surface area (Å²) in [4.78, 5) is 14.7. The number of nitrogens with two attached hydrogens (primary N) is 1. The number of hydrogen-bond donors (Lipinski definition) is 1. The maximum atomic E-state index is 12.6. The van der Waals surface area contributed by atoms with Gasteiger partial charge in [0.2, 0.25) is 0 Å². The minimum absolute atomic E-state index is 0.168. The van der Waals surface area contributed by atoms with E-state index >= 15 is 0 Å². The largest absolute Gasteiger partial charge is 0.460 e. The molecule has 2 aromatic rings. The highest BCUT2D eigenvalue weighted by molar-refractivity contribution is 5.76. The second-order valence-corrected chi connectivity index (χ2v) is 6.75. The smallest absolute Gasteiger partial charge is 0.323 e. The van der Waals surface area contributed by atoms with Gasteiger partial charge in [-0.2, -0.15) is 0 Å². The number of ether oxygens (including phenoxy) is 1. The third-order valence-electron chi connectivity index (χ3n) is 4.30. The van der Waals surface area contributed by atoms with Gasteiger partial charge in [-0.3, -0.25) is 9.69 Å². The van der Waals surface area contributed by atoms with Crippen LogP contribution in [0.15, 0.2) is 54.6 Å². The highest BCUT2D eigenvalue weighted by atomic mass is 16.5. The van der Waals surface area contributed by atoms with Crippen molar-refractivity contribution in [2.45, 2.75) is 32.9 Å². The van der Waals surface area contributed by atoms with E-state index in [-0.39, 0.29) is 17.9 Å². The van der Waals surface area contributed by atoms with Crippen LogP contribution in [0.25, 0.3) is 0 Å². The minimum Gasteiger partial charge on any atom is -0.460 e. The van der Waals surface area contributed by atoms with E-state index in [0.717, 1.165) is 24.2 Å². The maximum Gasteiger partial charge on any atom is 0.323 e. The number of hydrogen-bond acceptors (Lipinski definition) is 4. The van der Waals surface area contributed by atoms with Gasteiger partial charge in [0, 0.05) is 12.2 Å². The molecule has 2 N–H and O–H groups in total. The molecule has 0 amide bonds. The molecule has 1 unspecified atom stereocenters. The zero-order valence-corrected chi connectivity index (χ0v) is 15.3. The number of anilines is 1. The van der Waals surface area contributed by atoms with Gasteiger partial charge in [-0.15, -0.1) is 0 Å². The van der Waals surface area contributed by atoms with Crippen LogP contribution in [-0.2, 0) is 22.6 Å². The summed E-state index contributed by atoms with van der Waals surface area (Å²) < 4.78 is 5.54. The Kier molecular flexibility index (Phi) is 7.02. The summed E-state index contributed by atoms with van der Waals surface area (Å²) in [5.41, 5.74) is 8.70. The van der Waals surface area contributed by atoms with Crippen molar-refractivity contribution in [1.82, 2.24) is 4.90 Å². The van der Waals surface area contributed by atoms with E-state index in [4.69, 9.17) is 10.5 Å². The number of carbonyl (C=O) groups excluding carboxylic acids is 1. The molecule has 4 heteroatoms. The maximum absolute atomic E-state index is 12.6. The van der Waals surface area contributed by atoms with Gasteiger partial charge in [-0.25, -0.2) is 0 Å². The van der Waals surface area contributed by atoms with Crippen LogP contribution in [-0.4, -0.2) is 30.5 Å². The number of nitrogen functional groups attached to an aromatic ring is 1. The zero-order valence-electron chi connectivity index (χ0n) is 15.3. The van der Waals surface area contributed by atoms with Crippen LogP contribution in [0.4, 0.5) is 5.69 Å². The standard InChI is InChI=1S/C21H28N2O2/c1-16(2)20(21(24)25-15-18-7-5-4-6-8-18)23(3)14-13-17-9-11-19(22)12-10-17/h4-12,16,20H,13-15,22H2,1-3H3. The molecule has 0 heterocycles. The summed E-state index contributed by atoms with van der Waals surface area (Å²) in [6.07, 6.45) is 0.867. The molecule has 0 fully saturated rings. The van der Waals surface area contributed by atoms with Gasteiger partial charge in [0.05, 0.1) is 0 Å². The molecule has 0 aliphatic carbocycles. The lowest BCUT2D eigenvalue weighted by Crippen LogP contribution is -2.44. The van der Waals surface area contributed by atoms with Crippen LogP contribution in [0.1, 0.15) is 25.0 Å². The lowest BCUT2D eigenvalue weighted by atomic mass is 10.0. The third-order valence-corrected chi connectivity index (χ3v) is 4.30. The Bertz CT molecular complexity index is 653. The van der Waals surface area contributed by atoms with E-state index in [0.29, 0.717) is 6.61 Å². The Labute approximate surface area is 150 Å². The van der Waals surface area contributed by atoms with Gasteiger partial charge in [0.25, 0.3) is 0 Å². The van der Waals surface area contributed by atoms with Crippen LogP contribution >= 0.6 is 0 Å². The lowest BCUT2D eigenvalue weighted by molar-refractivity contribution is -0.152. The molecule has 2 rings (SSSR count). The SMILES string of the molecule is CC(C)C(C(=O)OCc1ccccc1)N(C)CCc1ccc(N)cc1. The van der Waals surface area contributed by atoms with Crippen molar-refractivity contribution < 1.29 is 9.53 Å².